The number of phenols is 1. The van der Waals surface area contributed by atoms with Crippen LogP contribution >= 0.6 is 15.9 Å². The van der Waals surface area contributed by atoms with Crippen molar-refractivity contribution in [2.45, 2.75) is 0 Å². The number of halogens is 1. The van der Waals surface area contributed by atoms with Crippen LogP contribution in [0.15, 0.2) is 29.3 Å². The Bertz CT molecular complexity index is 309. The van der Waals surface area contributed by atoms with Crippen molar-refractivity contribution in [1.29, 1.82) is 0 Å². The number of nitrogens with two attached hydrogens (primary N) is 1. The van der Waals surface area contributed by atoms with E-state index in [0.29, 0.717) is 16.6 Å². The van der Waals surface area contributed by atoms with Crippen molar-refractivity contribution in [3.8, 4) is 5.75 Å². The monoisotopic (exact) mass is 227 g/mol. The van der Waals surface area contributed by atoms with E-state index >= 15 is 0 Å². The van der Waals surface area contributed by atoms with Crippen LogP contribution in [0.5, 0.6) is 5.75 Å². The smallest absolute Gasteiger partial charge is 0.137 e. The highest BCUT2D eigenvalue weighted by Crippen LogP contribution is 2.30. The Labute approximate surface area is 79.8 Å². The average Bonchev–Trinajstić information content (AvgIpc) is 2.08. The minimum atomic E-state index is 0.202. The molecule has 0 bridgehead atoms. The Balaban J connectivity index is 3.16. The van der Waals surface area contributed by atoms with E-state index < -0.39 is 0 Å². The van der Waals surface area contributed by atoms with E-state index in [9.17, 15) is 5.11 Å². The molecule has 1 aromatic rings. The zero-order chi connectivity index (χ0) is 9.14. The third kappa shape index (κ3) is 1.68. The number of rotatable bonds is 2. The molecule has 0 amide bonds. The van der Waals surface area contributed by atoms with E-state index in [-0.39, 0.29) is 5.75 Å². The van der Waals surface area contributed by atoms with Gasteiger partial charge in [0.1, 0.15) is 5.75 Å². The van der Waals surface area contributed by atoms with Crippen LogP contribution in [0.4, 0.5) is 0 Å². The van der Waals surface area contributed by atoms with Gasteiger partial charge in [0.05, 0.1) is 4.47 Å². The Kier molecular flexibility index (Phi) is 2.89. The van der Waals surface area contributed by atoms with Crippen molar-refractivity contribution in [2.24, 2.45) is 5.73 Å². The van der Waals surface area contributed by atoms with Gasteiger partial charge in [0, 0.05) is 12.1 Å². The van der Waals surface area contributed by atoms with E-state index in [1.165, 1.54) is 0 Å². The maximum atomic E-state index is 9.54. The molecule has 1 rings (SSSR count). The summed E-state index contributed by atoms with van der Waals surface area (Å²) < 4.78 is 0.662. The predicted molar refractivity (Wildman–Crippen MR) is 53.9 cm³/mol. The first-order chi connectivity index (χ1) is 5.66. The lowest BCUT2D eigenvalue weighted by Crippen LogP contribution is -2.01. The Morgan fingerprint density at radius 3 is 2.83 bits per heavy atom. The first-order valence-electron chi connectivity index (χ1n) is 3.52. The minimum absolute atomic E-state index is 0.202. The largest absolute Gasteiger partial charge is 0.506 e. The molecule has 0 heterocycles. The molecule has 12 heavy (non-hydrogen) atoms. The fraction of sp³-hybridized carbons (Fsp3) is 0.111. The standard InChI is InChI=1S/C9H10BrNO/c1-6(5-11)7-3-2-4-8(10)9(7)12/h2-4,12H,1,5,11H2. The maximum Gasteiger partial charge on any atom is 0.137 e. The van der Waals surface area contributed by atoms with E-state index in [4.69, 9.17) is 5.73 Å². The van der Waals surface area contributed by atoms with Gasteiger partial charge in [0.25, 0.3) is 0 Å². The molecule has 3 N–H and O–H groups in total. The van der Waals surface area contributed by atoms with Crippen LogP contribution in [0, 0.1) is 0 Å². The fourth-order valence-electron chi connectivity index (χ4n) is 0.911. The molecule has 0 aromatic heterocycles. The van der Waals surface area contributed by atoms with Crippen LogP contribution in [0.1, 0.15) is 5.56 Å². The first kappa shape index (κ1) is 9.29. The van der Waals surface area contributed by atoms with E-state index in [1.54, 1.807) is 12.1 Å². The van der Waals surface area contributed by atoms with Crippen molar-refractivity contribution < 1.29 is 5.11 Å². The number of aromatic hydroxyl groups is 1. The predicted octanol–water partition coefficient (Wildman–Crippen LogP) is 2.13. The van der Waals surface area contributed by atoms with Crippen molar-refractivity contribution in [1.82, 2.24) is 0 Å². The molecule has 0 unspecified atom stereocenters. The van der Waals surface area contributed by atoms with Gasteiger partial charge in [-0.25, -0.2) is 0 Å². The first-order valence-corrected chi connectivity index (χ1v) is 4.31. The highest BCUT2D eigenvalue weighted by molar-refractivity contribution is 9.10. The van der Waals surface area contributed by atoms with Crippen LogP contribution in [0.2, 0.25) is 0 Å². The lowest BCUT2D eigenvalue weighted by molar-refractivity contribution is 0.470. The minimum Gasteiger partial charge on any atom is -0.506 e. The quantitative estimate of drug-likeness (QED) is 0.814. The number of benzene rings is 1. The molecular formula is C9H10BrNO. The number of hydrogen-bond acceptors (Lipinski definition) is 2. The fourth-order valence-corrected chi connectivity index (χ4v) is 1.28. The molecule has 0 saturated carbocycles. The summed E-state index contributed by atoms with van der Waals surface area (Å²) in [6.45, 7) is 4.09. The molecule has 3 heteroatoms. The molecular weight excluding hydrogens is 218 g/mol. The normalized spacial score (nSPS) is 9.83. The lowest BCUT2D eigenvalue weighted by atomic mass is 10.1. The molecule has 0 aliphatic heterocycles. The van der Waals surface area contributed by atoms with Gasteiger partial charge in [0.2, 0.25) is 0 Å². The zero-order valence-corrected chi connectivity index (χ0v) is 8.13. The van der Waals surface area contributed by atoms with Crippen molar-refractivity contribution in [3.05, 3.63) is 34.8 Å². The average molecular weight is 228 g/mol. The van der Waals surface area contributed by atoms with Gasteiger partial charge in [0.15, 0.2) is 0 Å². The van der Waals surface area contributed by atoms with Crippen molar-refractivity contribution >= 4 is 21.5 Å². The number of phenolic OH excluding ortho intramolecular Hbond substituents is 1. The molecule has 0 saturated heterocycles. The Morgan fingerprint density at radius 1 is 1.58 bits per heavy atom. The second-order valence-electron chi connectivity index (χ2n) is 2.44. The summed E-state index contributed by atoms with van der Waals surface area (Å²) in [6, 6.07) is 5.39. The summed E-state index contributed by atoms with van der Waals surface area (Å²) in [5, 5.41) is 9.54. The molecule has 64 valence electrons. The Hall–Kier alpha value is -0.800. The van der Waals surface area contributed by atoms with Crippen LogP contribution in [-0.4, -0.2) is 11.7 Å². The summed E-state index contributed by atoms with van der Waals surface area (Å²) in [6.07, 6.45) is 0. The van der Waals surface area contributed by atoms with Gasteiger partial charge in [-0.15, -0.1) is 0 Å². The summed E-state index contributed by atoms with van der Waals surface area (Å²) in [4.78, 5) is 0. The number of para-hydroxylation sites is 1. The summed E-state index contributed by atoms with van der Waals surface area (Å²) in [5.74, 6) is 0.202. The van der Waals surface area contributed by atoms with Crippen LogP contribution < -0.4 is 5.73 Å². The zero-order valence-electron chi connectivity index (χ0n) is 6.55. The molecule has 0 spiro atoms. The van der Waals surface area contributed by atoms with Gasteiger partial charge in [-0.05, 0) is 27.6 Å². The van der Waals surface area contributed by atoms with Crippen molar-refractivity contribution in [2.75, 3.05) is 6.54 Å². The van der Waals surface area contributed by atoms with Crippen LogP contribution in [0.25, 0.3) is 5.57 Å². The van der Waals surface area contributed by atoms with Gasteiger partial charge in [-0.2, -0.15) is 0 Å². The van der Waals surface area contributed by atoms with Gasteiger partial charge in [-0.3, -0.25) is 0 Å². The topological polar surface area (TPSA) is 46.2 Å². The summed E-state index contributed by atoms with van der Waals surface area (Å²) >= 11 is 3.21. The van der Waals surface area contributed by atoms with E-state index in [2.05, 4.69) is 22.5 Å². The van der Waals surface area contributed by atoms with Crippen molar-refractivity contribution in [3.63, 3.8) is 0 Å². The molecule has 0 fully saturated rings. The van der Waals surface area contributed by atoms with Crippen LogP contribution in [0.3, 0.4) is 0 Å². The van der Waals surface area contributed by atoms with Gasteiger partial charge >= 0.3 is 0 Å². The third-order valence-corrected chi connectivity index (χ3v) is 2.25. The second kappa shape index (κ2) is 3.74. The van der Waals surface area contributed by atoms with E-state index in [0.717, 1.165) is 5.57 Å². The number of hydrogen-bond donors (Lipinski definition) is 2. The highest BCUT2D eigenvalue weighted by Gasteiger charge is 2.05. The molecule has 0 atom stereocenters. The molecule has 2 nitrogen and oxygen atoms in total. The SMILES string of the molecule is C=C(CN)c1cccc(Br)c1O. The summed E-state index contributed by atoms with van der Waals surface area (Å²) in [7, 11) is 0. The lowest BCUT2D eigenvalue weighted by Gasteiger charge is -2.06. The van der Waals surface area contributed by atoms with Crippen LogP contribution in [-0.2, 0) is 0 Å². The molecule has 0 aliphatic carbocycles. The van der Waals surface area contributed by atoms with E-state index in [1.807, 2.05) is 6.07 Å². The van der Waals surface area contributed by atoms with Gasteiger partial charge in [-0.1, -0.05) is 18.7 Å². The van der Waals surface area contributed by atoms with Gasteiger partial charge < -0.3 is 10.8 Å². The third-order valence-electron chi connectivity index (χ3n) is 1.61. The maximum absolute atomic E-state index is 9.54. The molecule has 1 aromatic carbocycles. The molecule has 0 radical (unpaired) electrons. The Morgan fingerprint density at radius 2 is 2.25 bits per heavy atom. The molecule has 0 aliphatic rings. The second-order valence-corrected chi connectivity index (χ2v) is 3.30. The highest BCUT2D eigenvalue weighted by atomic mass is 79.9. The summed E-state index contributed by atoms with van der Waals surface area (Å²) in [5.41, 5.74) is 6.83.